The van der Waals surface area contributed by atoms with Gasteiger partial charge < -0.3 is 4.90 Å². The van der Waals surface area contributed by atoms with Crippen LogP contribution in [0.25, 0.3) is 5.57 Å². The van der Waals surface area contributed by atoms with Gasteiger partial charge in [-0.2, -0.15) is 0 Å². The molecule has 2 heteroatoms. The number of hydrogen-bond acceptors (Lipinski definition) is 2. The van der Waals surface area contributed by atoms with Gasteiger partial charge in [0.1, 0.15) is 0 Å². The second-order valence-corrected chi connectivity index (χ2v) is 7.92. The lowest BCUT2D eigenvalue weighted by atomic mass is 9.94. The summed E-state index contributed by atoms with van der Waals surface area (Å²) in [4.78, 5) is 5.04. The van der Waals surface area contributed by atoms with Gasteiger partial charge in [-0.3, -0.25) is 0 Å². The Kier molecular flexibility index (Phi) is 4.04. The van der Waals surface area contributed by atoms with Gasteiger partial charge in [0.15, 0.2) is 0 Å². The van der Waals surface area contributed by atoms with Gasteiger partial charge in [-0.15, -0.1) is 0 Å². The van der Waals surface area contributed by atoms with Gasteiger partial charge in [-0.05, 0) is 79.7 Å². The number of rotatable bonds is 4. The molecule has 0 saturated heterocycles. The molecule has 1 aliphatic heterocycles. The quantitative estimate of drug-likeness (QED) is 0.632. The van der Waals surface area contributed by atoms with Crippen LogP contribution in [-0.2, 0) is 0 Å². The van der Waals surface area contributed by atoms with Crippen LogP contribution in [0.1, 0.15) is 41.9 Å². The highest BCUT2D eigenvalue weighted by Gasteiger charge is 2.26. The minimum absolute atomic E-state index is 0.811. The van der Waals surface area contributed by atoms with Gasteiger partial charge in [-0.25, -0.2) is 0 Å². The normalized spacial score (nSPS) is 18.1. The molecule has 118 valence electrons. The van der Waals surface area contributed by atoms with E-state index in [2.05, 4.69) is 67.5 Å². The molecule has 0 unspecified atom stereocenters. The Balaban J connectivity index is 1.77. The van der Waals surface area contributed by atoms with Crippen LogP contribution in [0.15, 0.2) is 58.3 Å². The Morgan fingerprint density at radius 2 is 1.83 bits per heavy atom. The zero-order valence-electron chi connectivity index (χ0n) is 13.9. The van der Waals surface area contributed by atoms with Gasteiger partial charge in [0.2, 0.25) is 0 Å². The van der Waals surface area contributed by atoms with Crippen molar-refractivity contribution in [1.82, 2.24) is 4.90 Å². The maximum atomic E-state index is 2.46. The molecular weight excluding hydrogens is 298 g/mol. The lowest BCUT2D eigenvalue weighted by Gasteiger charge is -2.23. The van der Waals surface area contributed by atoms with Crippen molar-refractivity contribution in [3.8, 4) is 0 Å². The van der Waals surface area contributed by atoms with E-state index in [1.54, 1.807) is 0 Å². The predicted molar refractivity (Wildman–Crippen MR) is 99.2 cm³/mol. The van der Waals surface area contributed by atoms with Crippen molar-refractivity contribution in [3.05, 3.63) is 65.2 Å². The first-order valence-corrected chi connectivity index (χ1v) is 9.30. The van der Waals surface area contributed by atoms with Crippen LogP contribution in [0.5, 0.6) is 0 Å². The summed E-state index contributed by atoms with van der Waals surface area (Å²) in [6, 6.07) is 16.0. The summed E-state index contributed by atoms with van der Waals surface area (Å²) in [6.45, 7) is 1.09. The third-order valence-electron chi connectivity index (χ3n) is 4.66. The van der Waals surface area contributed by atoms with Crippen molar-refractivity contribution in [2.75, 3.05) is 20.6 Å². The number of hydrogen-bond donors (Lipinski definition) is 0. The summed E-state index contributed by atoms with van der Waals surface area (Å²) in [6.07, 6.45) is 6.26. The summed E-state index contributed by atoms with van der Waals surface area (Å²) < 4.78 is 0. The Hall–Kier alpha value is -1.51. The molecule has 1 aliphatic carbocycles. The van der Waals surface area contributed by atoms with E-state index in [9.17, 15) is 0 Å². The lowest BCUT2D eigenvalue weighted by molar-refractivity contribution is 0.417. The second kappa shape index (κ2) is 6.18. The van der Waals surface area contributed by atoms with Gasteiger partial charge in [0, 0.05) is 16.3 Å². The molecule has 1 heterocycles. The van der Waals surface area contributed by atoms with Crippen LogP contribution in [0.3, 0.4) is 0 Å². The average Bonchev–Trinajstić information content (AvgIpc) is 3.38. The SMILES string of the molecule is CN(C)CC/C=C1\c2ccccc2Sc2ccc(C3CC3)cc21. The van der Waals surface area contributed by atoms with Crippen LogP contribution in [-0.4, -0.2) is 25.5 Å². The Labute approximate surface area is 143 Å². The molecule has 2 aromatic rings. The summed E-state index contributed by atoms with van der Waals surface area (Å²) >= 11 is 1.92. The Morgan fingerprint density at radius 1 is 1.04 bits per heavy atom. The minimum Gasteiger partial charge on any atom is -0.309 e. The molecule has 0 N–H and O–H groups in total. The van der Waals surface area contributed by atoms with Crippen LogP contribution in [0, 0.1) is 0 Å². The predicted octanol–water partition coefficient (Wildman–Crippen LogP) is 5.41. The molecule has 2 aromatic carbocycles. The van der Waals surface area contributed by atoms with E-state index in [1.165, 1.54) is 44.9 Å². The molecular formula is C21H23NS. The fraction of sp³-hybridized carbons (Fsp3) is 0.333. The van der Waals surface area contributed by atoms with Crippen molar-refractivity contribution in [2.45, 2.75) is 35.0 Å². The van der Waals surface area contributed by atoms with Gasteiger partial charge in [0.05, 0.1) is 0 Å². The highest BCUT2D eigenvalue weighted by Crippen LogP contribution is 2.48. The average molecular weight is 321 g/mol. The van der Waals surface area contributed by atoms with E-state index in [-0.39, 0.29) is 0 Å². The third-order valence-corrected chi connectivity index (χ3v) is 5.82. The lowest BCUT2D eigenvalue weighted by Crippen LogP contribution is -2.12. The first-order chi connectivity index (χ1) is 11.2. The van der Waals surface area contributed by atoms with Gasteiger partial charge in [0.25, 0.3) is 0 Å². The molecule has 4 rings (SSSR count). The molecule has 23 heavy (non-hydrogen) atoms. The van der Waals surface area contributed by atoms with Crippen molar-refractivity contribution in [1.29, 1.82) is 0 Å². The van der Waals surface area contributed by atoms with E-state index in [4.69, 9.17) is 0 Å². The zero-order valence-corrected chi connectivity index (χ0v) is 14.7. The topological polar surface area (TPSA) is 3.24 Å². The van der Waals surface area contributed by atoms with Gasteiger partial charge in [-0.1, -0.05) is 42.1 Å². The third kappa shape index (κ3) is 3.11. The van der Waals surface area contributed by atoms with Crippen LogP contribution in [0.2, 0.25) is 0 Å². The fourth-order valence-electron chi connectivity index (χ4n) is 3.25. The molecule has 0 amide bonds. The minimum atomic E-state index is 0.811. The van der Waals surface area contributed by atoms with Crippen LogP contribution in [0.4, 0.5) is 0 Å². The molecule has 2 aliphatic rings. The zero-order chi connectivity index (χ0) is 15.8. The molecule has 0 spiro atoms. The maximum Gasteiger partial charge on any atom is 0.0201 e. The highest BCUT2D eigenvalue weighted by atomic mass is 32.2. The van der Waals surface area contributed by atoms with Crippen molar-refractivity contribution >= 4 is 17.3 Å². The molecule has 1 fully saturated rings. The first kappa shape index (κ1) is 15.0. The van der Waals surface area contributed by atoms with E-state index >= 15 is 0 Å². The van der Waals surface area contributed by atoms with Crippen molar-refractivity contribution < 1.29 is 0 Å². The molecule has 1 nitrogen and oxygen atoms in total. The largest absolute Gasteiger partial charge is 0.309 e. The van der Waals surface area contributed by atoms with E-state index in [1.807, 2.05) is 11.8 Å². The van der Waals surface area contributed by atoms with E-state index in [0.717, 1.165) is 18.9 Å². The van der Waals surface area contributed by atoms with Gasteiger partial charge >= 0.3 is 0 Å². The molecule has 0 aromatic heterocycles. The smallest absolute Gasteiger partial charge is 0.0201 e. The van der Waals surface area contributed by atoms with Crippen molar-refractivity contribution in [2.24, 2.45) is 0 Å². The van der Waals surface area contributed by atoms with Crippen LogP contribution < -0.4 is 0 Å². The maximum absolute atomic E-state index is 2.46. The fourth-order valence-corrected chi connectivity index (χ4v) is 4.33. The Bertz CT molecular complexity index is 756. The summed E-state index contributed by atoms with van der Waals surface area (Å²) in [5.74, 6) is 0.811. The monoisotopic (exact) mass is 321 g/mol. The Morgan fingerprint density at radius 3 is 2.61 bits per heavy atom. The molecule has 0 atom stereocenters. The van der Waals surface area contributed by atoms with E-state index in [0.29, 0.717) is 0 Å². The second-order valence-electron chi connectivity index (χ2n) is 6.84. The van der Waals surface area contributed by atoms with Crippen molar-refractivity contribution in [3.63, 3.8) is 0 Å². The standard InChI is InChI=1S/C21H23NS/c1-22(2)13-5-7-17-18-6-3-4-8-20(18)23-21-12-11-16(14-19(17)21)15-9-10-15/h3-4,6-8,11-12,14-15H,5,9-10,13H2,1-2H3/b17-7+. The number of benzene rings is 2. The molecule has 1 saturated carbocycles. The first-order valence-electron chi connectivity index (χ1n) is 8.49. The molecule has 0 bridgehead atoms. The summed E-state index contributed by atoms with van der Waals surface area (Å²) in [5.41, 5.74) is 5.80. The van der Waals surface area contributed by atoms with Crippen LogP contribution >= 0.6 is 11.8 Å². The molecule has 0 radical (unpaired) electrons. The summed E-state index contributed by atoms with van der Waals surface area (Å²) in [7, 11) is 4.28. The highest BCUT2D eigenvalue weighted by molar-refractivity contribution is 7.99. The van der Waals surface area contributed by atoms with E-state index < -0.39 is 0 Å². The number of fused-ring (bicyclic) bond motifs is 2. The number of nitrogens with zero attached hydrogens (tertiary/aromatic N) is 1. The summed E-state index contributed by atoms with van der Waals surface area (Å²) in [5, 5.41) is 0.